The summed E-state index contributed by atoms with van der Waals surface area (Å²) in [5.74, 6) is -0.193. The zero-order valence-corrected chi connectivity index (χ0v) is 15.1. The van der Waals surface area contributed by atoms with Gasteiger partial charge in [0.25, 0.3) is 5.91 Å². The number of halogens is 4. The van der Waals surface area contributed by atoms with E-state index in [1.165, 1.54) is 24.5 Å². The number of hydrogen-bond donors (Lipinski definition) is 1. The van der Waals surface area contributed by atoms with Crippen LogP contribution < -0.4 is 5.32 Å². The molecule has 1 aromatic heterocycles. The summed E-state index contributed by atoms with van der Waals surface area (Å²) in [5, 5.41) is 2.52. The van der Waals surface area contributed by atoms with E-state index in [0.29, 0.717) is 18.7 Å². The first-order chi connectivity index (χ1) is 12.8. The standard InChI is InChI=1S/C18H18ClF3N4O/c19-13-5-6-15(14(9-13)18(20,21)22)25-17-23-10-12(11-24-17)16(27)26-7-3-1-2-4-8-26/h5-6,9-11H,1-4,7-8H2,(H,23,24,25). The first kappa shape index (κ1) is 19.4. The number of amides is 1. The van der Waals surface area contributed by atoms with E-state index < -0.39 is 11.7 Å². The van der Waals surface area contributed by atoms with Crippen molar-refractivity contribution in [3.8, 4) is 0 Å². The molecule has 0 bridgehead atoms. The zero-order valence-electron chi connectivity index (χ0n) is 14.4. The molecule has 0 radical (unpaired) electrons. The summed E-state index contributed by atoms with van der Waals surface area (Å²) in [7, 11) is 0. The molecule has 1 aliphatic heterocycles. The third kappa shape index (κ3) is 4.88. The minimum absolute atomic E-state index is 0.0211. The van der Waals surface area contributed by atoms with Crippen LogP contribution in [-0.2, 0) is 6.18 Å². The molecule has 0 unspecified atom stereocenters. The number of benzene rings is 1. The molecule has 1 amide bonds. The largest absolute Gasteiger partial charge is 0.418 e. The van der Waals surface area contributed by atoms with E-state index in [1.54, 1.807) is 4.90 Å². The molecule has 1 aromatic carbocycles. The van der Waals surface area contributed by atoms with Crippen LogP contribution in [0.2, 0.25) is 5.02 Å². The van der Waals surface area contributed by atoms with E-state index in [-0.39, 0.29) is 22.6 Å². The van der Waals surface area contributed by atoms with E-state index in [0.717, 1.165) is 31.7 Å². The third-order valence-electron chi connectivity index (χ3n) is 4.33. The van der Waals surface area contributed by atoms with Crippen molar-refractivity contribution in [2.75, 3.05) is 18.4 Å². The number of nitrogens with one attached hydrogen (secondary N) is 1. The lowest BCUT2D eigenvalue weighted by Gasteiger charge is -2.20. The van der Waals surface area contributed by atoms with Gasteiger partial charge in [-0.15, -0.1) is 0 Å². The van der Waals surface area contributed by atoms with E-state index in [9.17, 15) is 18.0 Å². The van der Waals surface area contributed by atoms with E-state index in [4.69, 9.17) is 11.6 Å². The molecule has 3 rings (SSSR count). The van der Waals surface area contributed by atoms with Crippen molar-refractivity contribution in [2.45, 2.75) is 31.9 Å². The smallest absolute Gasteiger partial charge is 0.339 e. The van der Waals surface area contributed by atoms with Gasteiger partial charge >= 0.3 is 6.18 Å². The van der Waals surface area contributed by atoms with Gasteiger partial charge in [-0.05, 0) is 31.0 Å². The fourth-order valence-corrected chi connectivity index (χ4v) is 3.11. The molecule has 0 saturated carbocycles. The molecular weight excluding hydrogens is 381 g/mol. The predicted molar refractivity (Wildman–Crippen MR) is 96.1 cm³/mol. The summed E-state index contributed by atoms with van der Waals surface area (Å²) in [6.45, 7) is 1.39. The van der Waals surface area contributed by atoms with Crippen LogP contribution in [0.4, 0.5) is 24.8 Å². The van der Waals surface area contributed by atoms with Crippen LogP contribution >= 0.6 is 11.6 Å². The van der Waals surface area contributed by atoms with Crippen LogP contribution in [0.5, 0.6) is 0 Å². The number of aromatic nitrogens is 2. The lowest BCUT2D eigenvalue weighted by atomic mass is 10.1. The van der Waals surface area contributed by atoms with Crippen molar-refractivity contribution in [3.63, 3.8) is 0 Å². The Labute approximate surface area is 159 Å². The molecule has 1 saturated heterocycles. The molecule has 27 heavy (non-hydrogen) atoms. The van der Waals surface area contributed by atoms with Crippen LogP contribution in [0.15, 0.2) is 30.6 Å². The molecule has 0 aliphatic carbocycles. The summed E-state index contributed by atoms with van der Waals surface area (Å²) in [6.07, 6.45) is 2.21. The highest BCUT2D eigenvalue weighted by molar-refractivity contribution is 6.30. The fourth-order valence-electron chi connectivity index (χ4n) is 2.94. The van der Waals surface area contributed by atoms with Crippen LogP contribution in [0.3, 0.4) is 0 Å². The van der Waals surface area contributed by atoms with Crippen LogP contribution in [0, 0.1) is 0 Å². The predicted octanol–water partition coefficient (Wildman–Crippen LogP) is 4.91. The summed E-state index contributed by atoms with van der Waals surface area (Å²) in [6, 6.07) is 3.39. The summed E-state index contributed by atoms with van der Waals surface area (Å²) < 4.78 is 39.5. The number of carbonyl (C=O) groups is 1. The molecule has 0 atom stereocenters. The second-order valence-corrected chi connectivity index (χ2v) is 6.75. The summed E-state index contributed by atoms with van der Waals surface area (Å²) >= 11 is 5.67. The highest BCUT2D eigenvalue weighted by Gasteiger charge is 2.34. The molecule has 1 aliphatic rings. The molecule has 2 aromatic rings. The topological polar surface area (TPSA) is 58.1 Å². The van der Waals surface area contributed by atoms with Gasteiger partial charge in [-0.25, -0.2) is 9.97 Å². The van der Waals surface area contributed by atoms with Crippen molar-refractivity contribution < 1.29 is 18.0 Å². The molecule has 2 heterocycles. The van der Waals surface area contributed by atoms with Crippen molar-refractivity contribution in [2.24, 2.45) is 0 Å². The number of alkyl halides is 3. The van der Waals surface area contributed by atoms with E-state index >= 15 is 0 Å². The first-order valence-electron chi connectivity index (χ1n) is 8.60. The van der Waals surface area contributed by atoms with Crippen molar-refractivity contribution in [3.05, 3.63) is 46.7 Å². The Bertz CT molecular complexity index is 803. The summed E-state index contributed by atoms with van der Waals surface area (Å²) in [4.78, 5) is 22.2. The quantitative estimate of drug-likeness (QED) is 0.798. The minimum atomic E-state index is -4.57. The second-order valence-electron chi connectivity index (χ2n) is 6.31. The van der Waals surface area contributed by atoms with Crippen LogP contribution in [0.1, 0.15) is 41.6 Å². The first-order valence-corrected chi connectivity index (χ1v) is 8.97. The molecular formula is C18H18ClF3N4O. The number of nitrogens with zero attached hydrogens (tertiary/aromatic N) is 3. The van der Waals surface area contributed by atoms with Gasteiger partial charge in [0.05, 0.1) is 16.8 Å². The Morgan fingerprint density at radius 3 is 2.30 bits per heavy atom. The van der Waals surface area contributed by atoms with Gasteiger partial charge in [-0.2, -0.15) is 13.2 Å². The molecule has 0 spiro atoms. The Morgan fingerprint density at radius 2 is 1.70 bits per heavy atom. The average Bonchev–Trinajstić information content (AvgIpc) is 2.92. The fraction of sp³-hybridized carbons (Fsp3) is 0.389. The van der Waals surface area contributed by atoms with E-state index in [1.807, 2.05) is 0 Å². The molecule has 1 fully saturated rings. The maximum atomic E-state index is 13.2. The SMILES string of the molecule is O=C(c1cnc(Nc2ccc(Cl)cc2C(F)(F)F)nc1)N1CCCCCC1. The van der Waals surface area contributed by atoms with Gasteiger partial charge in [-0.3, -0.25) is 4.79 Å². The maximum absolute atomic E-state index is 13.2. The van der Waals surface area contributed by atoms with Gasteiger partial charge in [0.1, 0.15) is 0 Å². The van der Waals surface area contributed by atoms with Crippen molar-refractivity contribution in [1.29, 1.82) is 0 Å². The monoisotopic (exact) mass is 398 g/mol. The number of likely N-dealkylation sites (tertiary alicyclic amines) is 1. The lowest BCUT2D eigenvalue weighted by molar-refractivity contribution is -0.136. The third-order valence-corrected chi connectivity index (χ3v) is 4.56. The Hall–Kier alpha value is -2.35. The minimum Gasteiger partial charge on any atom is -0.339 e. The van der Waals surface area contributed by atoms with Crippen LogP contribution in [0.25, 0.3) is 0 Å². The van der Waals surface area contributed by atoms with Crippen LogP contribution in [-0.4, -0.2) is 33.9 Å². The molecule has 1 N–H and O–H groups in total. The number of hydrogen-bond acceptors (Lipinski definition) is 4. The maximum Gasteiger partial charge on any atom is 0.418 e. The van der Waals surface area contributed by atoms with Gasteiger partial charge < -0.3 is 10.2 Å². The second kappa shape index (κ2) is 8.12. The Balaban J connectivity index is 1.76. The molecule has 144 valence electrons. The normalized spacial score (nSPS) is 15.3. The Kier molecular flexibility index (Phi) is 5.84. The zero-order chi connectivity index (χ0) is 19.4. The average molecular weight is 399 g/mol. The van der Waals surface area contributed by atoms with Gasteiger partial charge in [-0.1, -0.05) is 24.4 Å². The summed E-state index contributed by atoms with van der Waals surface area (Å²) in [5.41, 5.74) is -0.809. The molecule has 5 nitrogen and oxygen atoms in total. The number of carbonyl (C=O) groups excluding carboxylic acids is 1. The van der Waals surface area contributed by atoms with Gasteiger partial charge in [0.2, 0.25) is 5.95 Å². The van der Waals surface area contributed by atoms with Gasteiger partial charge in [0, 0.05) is 30.5 Å². The van der Waals surface area contributed by atoms with Crippen molar-refractivity contribution >= 4 is 29.1 Å². The van der Waals surface area contributed by atoms with E-state index in [2.05, 4.69) is 15.3 Å². The number of rotatable bonds is 3. The van der Waals surface area contributed by atoms with Gasteiger partial charge in [0.15, 0.2) is 0 Å². The highest BCUT2D eigenvalue weighted by Crippen LogP contribution is 2.37. The highest BCUT2D eigenvalue weighted by atomic mass is 35.5. The lowest BCUT2D eigenvalue weighted by Crippen LogP contribution is -2.32. The molecule has 9 heteroatoms. The Morgan fingerprint density at radius 1 is 1.07 bits per heavy atom. The number of anilines is 2. The van der Waals surface area contributed by atoms with Crippen molar-refractivity contribution in [1.82, 2.24) is 14.9 Å².